The number of benzene rings is 1. The first kappa shape index (κ1) is 19.5. The van der Waals surface area contributed by atoms with Gasteiger partial charge in [-0.05, 0) is 0 Å². The Balaban J connectivity index is 2.20. The third-order valence-corrected chi connectivity index (χ3v) is 35.4. The van der Waals surface area contributed by atoms with Crippen molar-refractivity contribution in [1.82, 2.24) is 0 Å². The maximum atomic E-state index is 2.97. The van der Waals surface area contributed by atoms with Gasteiger partial charge in [-0.3, -0.25) is 0 Å². The molecule has 0 fully saturated rings. The van der Waals surface area contributed by atoms with Gasteiger partial charge in [0, 0.05) is 0 Å². The Morgan fingerprint density at radius 2 is 1.54 bits per heavy atom. The Bertz CT molecular complexity index is 772. The van der Waals surface area contributed by atoms with Crippen molar-refractivity contribution in [1.29, 1.82) is 0 Å². The van der Waals surface area contributed by atoms with E-state index in [4.69, 9.17) is 0 Å². The van der Waals surface area contributed by atoms with Gasteiger partial charge < -0.3 is 0 Å². The van der Waals surface area contributed by atoms with Crippen LogP contribution in [-0.2, 0) is 11.9 Å². The molecule has 1 aromatic rings. The van der Waals surface area contributed by atoms with Crippen LogP contribution in [0.5, 0.6) is 0 Å². The van der Waals surface area contributed by atoms with Gasteiger partial charge in [0.2, 0.25) is 0 Å². The average molecular weight is 623 g/mol. The van der Waals surface area contributed by atoms with Gasteiger partial charge in [0.15, 0.2) is 0 Å². The summed E-state index contributed by atoms with van der Waals surface area (Å²) in [7, 11) is 0. The second-order valence-electron chi connectivity index (χ2n) is 7.38. The topological polar surface area (TPSA) is 0 Å². The molecule has 0 radical (unpaired) electrons. The third kappa shape index (κ3) is 2.58. The normalized spacial score (nSPS) is 23.0. The third-order valence-electron chi connectivity index (χ3n) is 6.64. The molecule has 2 aliphatic carbocycles. The van der Waals surface area contributed by atoms with Crippen LogP contribution in [0.3, 0.4) is 0 Å². The predicted octanol–water partition coefficient (Wildman–Crippen LogP) is 8.25. The second kappa shape index (κ2) is 6.74. The quantitative estimate of drug-likeness (QED) is 0.298. The van der Waals surface area contributed by atoms with Gasteiger partial charge in [-0.15, -0.1) is 0 Å². The zero-order valence-corrected chi connectivity index (χ0v) is 22.2. The molecule has 0 aliphatic heterocycles. The maximum absolute atomic E-state index is 2.97. The van der Waals surface area contributed by atoms with Crippen molar-refractivity contribution in [2.24, 2.45) is 0 Å². The molecule has 2 aliphatic rings. The summed E-state index contributed by atoms with van der Waals surface area (Å²) in [5.41, 5.74) is 11.1. The van der Waals surface area contributed by atoms with Crippen molar-refractivity contribution in [3.05, 3.63) is 63.3 Å². The van der Waals surface area contributed by atoms with E-state index < -0.39 is 11.9 Å². The van der Waals surface area contributed by atoms with Crippen molar-refractivity contribution in [2.75, 3.05) is 0 Å². The summed E-state index contributed by atoms with van der Waals surface area (Å²) in [6.07, 6.45) is 3.66. The van der Waals surface area contributed by atoms with E-state index in [0.29, 0.717) is 6.75 Å². The first-order chi connectivity index (χ1) is 11.2. The van der Waals surface area contributed by atoms with E-state index in [1.54, 1.807) is 22.3 Å². The van der Waals surface area contributed by atoms with E-state index in [1.807, 2.05) is 0 Å². The van der Waals surface area contributed by atoms with Gasteiger partial charge >= 0.3 is 172 Å². The van der Waals surface area contributed by atoms with Crippen LogP contribution in [0.4, 0.5) is 0 Å². The molecule has 0 saturated carbocycles. The van der Waals surface area contributed by atoms with Crippen molar-refractivity contribution in [3.63, 3.8) is 0 Å². The summed E-state index contributed by atoms with van der Waals surface area (Å²) < 4.78 is 0.968. The molecular weight excluding hydrogens is 597 g/mol. The average Bonchev–Trinajstić information content (AvgIpc) is 3.02. The molecule has 0 aromatic heterocycles. The molecule has 1 unspecified atom stereocenters. The van der Waals surface area contributed by atoms with E-state index in [2.05, 4.69) is 108 Å². The van der Waals surface area contributed by atoms with Crippen LogP contribution in [0.1, 0.15) is 62.7 Å². The number of fused-ring (bicyclic) bond motifs is 1. The van der Waals surface area contributed by atoms with Crippen LogP contribution in [0, 0.1) is 0 Å². The van der Waals surface area contributed by atoms with Crippen molar-refractivity contribution in [2.45, 2.75) is 54.7 Å². The fourth-order valence-corrected chi connectivity index (χ4v) is 31.0. The molecule has 0 bridgehead atoms. The van der Waals surface area contributed by atoms with Crippen LogP contribution in [0.25, 0.3) is 6.08 Å². The fourth-order valence-electron chi connectivity index (χ4n) is 4.50. The van der Waals surface area contributed by atoms with Gasteiger partial charge in [-0.1, -0.05) is 0 Å². The van der Waals surface area contributed by atoms with Crippen LogP contribution < -0.4 is 0 Å². The van der Waals surface area contributed by atoms with Gasteiger partial charge in [-0.2, -0.15) is 0 Å². The van der Waals surface area contributed by atoms with Crippen LogP contribution >= 0.6 is 36.1 Å². The molecule has 3 rings (SSSR count). The zero-order chi connectivity index (χ0) is 17.9. The van der Waals surface area contributed by atoms with E-state index in [1.165, 1.54) is 23.1 Å². The van der Waals surface area contributed by atoms with E-state index >= 15 is 0 Å². The summed E-state index contributed by atoms with van der Waals surface area (Å²) in [5, 5.41) is 0. The Hall–Kier alpha value is 0.783. The number of hydrogen-bond donors (Lipinski definition) is 0. The molecule has 1 aromatic carbocycles. The molecule has 0 nitrogen and oxygen atoms in total. The standard InChI is InChI=1S/C11H11.C10H15.2HI.Zr/c1-2-9-7-10-5-3-4-6-11(10)8-9;1-6-7(2)9(4)10(5)8(6)3;;;/h3-8H,2H2,1H3;1-5H3;2*1H;/q;;;;+2/p-2. The summed E-state index contributed by atoms with van der Waals surface area (Å²) in [6, 6.07) is 9.11. The van der Waals surface area contributed by atoms with Crippen LogP contribution in [-0.4, -0.2) is 0 Å². The van der Waals surface area contributed by atoms with Crippen LogP contribution in [0.15, 0.2) is 52.1 Å². The fraction of sp³-hybridized carbons (Fsp3) is 0.429. The minimum absolute atomic E-state index is 0.292. The van der Waals surface area contributed by atoms with Gasteiger partial charge in [0.05, 0.1) is 0 Å². The molecular formula is C21H26I2Zr. The van der Waals surface area contributed by atoms with Gasteiger partial charge in [-0.25, -0.2) is 0 Å². The Morgan fingerprint density at radius 1 is 1.00 bits per heavy atom. The van der Waals surface area contributed by atoms with Crippen molar-refractivity contribution >= 4 is 42.2 Å². The van der Waals surface area contributed by atoms with E-state index in [9.17, 15) is 0 Å². The van der Waals surface area contributed by atoms with E-state index in [0.717, 1.165) is 0 Å². The Labute approximate surface area is 170 Å². The predicted molar refractivity (Wildman–Crippen MR) is 121 cm³/mol. The summed E-state index contributed by atoms with van der Waals surface area (Å²) in [5.74, 6) is 0. The van der Waals surface area contributed by atoms with Gasteiger partial charge in [0.25, 0.3) is 0 Å². The molecule has 0 heterocycles. The first-order valence-corrected chi connectivity index (χ1v) is 26.0. The molecule has 0 spiro atoms. The molecule has 1 atom stereocenters. The molecule has 0 saturated heterocycles. The molecule has 0 amide bonds. The molecule has 128 valence electrons. The zero-order valence-electron chi connectivity index (χ0n) is 15.4. The first-order valence-electron chi connectivity index (χ1n) is 8.71. The number of allylic oxidation sites excluding steroid dienone is 5. The summed E-state index contributed by atoms with van der Waals surface area (Å²) >= 11 is 3.26. The van der Waals surface area contributed by atoms with E-state index in [-0.39, 0.29) is 0 Å². The Morgan fingerprint density at radius 3 is 2.08 bits per heavy atom. The molecule has 0 N–H and O–H groups in total. The van der Waals surface area contributed by atoms with Gasteiger partial charge in [0.1, 0.15) is 0 Å². The minimum atomic E-state index is -2.68. The second-order valence-corrected chi connectivity index (χ2v) is 46.7. The summed E-state index contributed by atoms with van der Waals surface area (Å²) in [6.45, 7) is 14.3. The monoisotopic (exact) mass is 622 g/mol. The Kier molecular flexibility index (Phi) is 5.49. The van der Waals surface area contributed by atoms with Crippen molar-refractivity contribution < 1.29 is 11.9 Å². The number of hydrogen-bond acceptors (Lipinski definition) is 0. The number of halogens is 2. The molecule has 24 heavy (non-hydrogen) atoms. The SMILES string of the molecule is CCC1=Cc2ccccc2[CH]1[Zr]([I])([I])[C]1(C)C(C)=C(C)C(C)=C1C. The van der Waals surface area contributed by atoms with Crippen LogP contribution in [0.2, 0.25) is 3.12 Å². The molecule has 3 heteroatoms. The number of rotatable bonds is 3. The van der Waals surface area contributed by atoms with Crippen molar-refractivity contribution in [3.8, 4) is 0 Å². The summed E-state index contributed by atoms with van der Waals surface area (Å²) in [4.78, 5) is 0.